The van der Waals surface area contributed by atoms with Gasteiger partial charge in [0.25, 0.3) is 5.91 Å². The molecule has 3 aromatic carbocycles. The van der Waals surface area contributed by atoms with Gasteiger partial charge in [0, 0.05) is 0 Å². The van der Waals surface area contributed by atoms with Crippen molar-refractivity contribution in [3.8, 4) is 28.2 Å². The van der Waals surface area contributed by atoms with E-state index >= 15 is 0 Å². The van der Waals surface area contributed by atoms with Gasteiger partial charge >= 0.3 is 0 Å². The minimum absolute atomic E-state index is 0.180. The van der Waals surface area contributed by atoms with Crippen LogP contribution in [0.5, 0.6) is 5.75 Å². The van der Waals surface area contributed by atoms with Gasteiger partial charge < -0.3 is 9.15 Å². The summed E-state index contributed by atoms with van der Waals surface area (Å²) in [6, 6.07) is 27.1. The Hall–Kier alpha value is -4.19. The number of rotatable bonds is 7. The first-order valence-corrected chi connectivity index (χ1v) is 9.64. The van der Waals surface area contributed by atoms with Crippen LogP contribution in [0.2, 0.25) is 0 Å². The largest absolute Gasteiger partial charge is 0.484 e. The minimum Gasteiger partial charge on any atom is -0.484 e. The standard InChI is InChI=1S/C25H19FN2O3/c26-23-9-5-4-8-22(23)24-15-14-21(31-24)16-27-28-25(29)17-30-20-12-10-19(11-13-20)18-6-2-1-3-7-18/h1-16H,17H2,(H,28,29)/b27-16+. The van der Waals surface area contributed by atoms with Crippen LogP contribution in [0.4, 0.5) is 4.39 Å². The minimum atomic E-state index is -0.413. The van der Waals surface area contributed by atoms with Crippen molar-refractivity contribution in [3.63, 3.8) is 0 Å². The average molecular weight is 414 g/mol. The van der Waals surface area contributed by atoms with Gasteiger partial charge in [0.15, 0.2) is 6.61 Å². The Morgan fingerprint density at radius 3 is 2.39 bits per heavy atom. The van der Waals surface area contributed by atoms with Gasteiger partial charge in [0.2, 0.25) is 0 Å². The van der Waals surface area contributed by atoms with Gasteiger partial charge in [0.1, 0.15) is 23.1 Å². The maximum absolute atomic E-state index is 13.8. The molecular formula is C25H19FN2O3. The number of ether oxygens (including phenoxy) is 1. The third kappa shape index (κ3) is 5.25. The third-order valence-corrected chi connectivity index (χ3v) is 4.48. The van der Waals surface area contributed by atoms with Crippen molar-refractivity contribution in [2.75, 3.05) is 6.61 Å². The molecule has 1 aromatic heterocycles. The lowest BCUT2D eigenvalue weighted by Crippen LogP contribution is -2.24. The summed E-state index contributed by atoms with van der Waals surface area (Å²) >= 11 is 0. The zero-order valence-electron chi connectivity index (χ0n) is 16.5. The Labute approximate surface area is 178 Å². The summed E-state index contributed by atoms with van der Waals surface area (Å²) in [4.78, 5) is 11.9. The van der Waals surface area contributed by atoms with E-state index in [4.69, 9.17) is 9.15 Å². The summed E-state index contributed by atoms with van der Waals surface area (Å²) in [6.45, 7) is -0.180. The number of nitrogens with one attached hydrogen (secondary N) is 1. The van der Waals surface area contributed by atoms with Gasteiger partial charge in [-0.25, -0.2) is 9.82 Å². The smallest absolute Gasteiger partial charge is 0.277 e. The van der Waals surface area contributed by atoms with Crippen molar-refractivity contribution in [2.45, 2.75) is 0 Å². The zero-order chi connectivity index (χ0) is 21.5. The Bertz CT molecular complexity index is 1180. The molecule has 5 nitrogen and oxygen atoms in total. The van der Waals surface area contributed by atoms with E-state index in [1.807, 2.05) is 54.6 Å². The molecule has 154 valence electrons. The third-order valence-electron chi connectivity index (χ3n) is 4.48. The van der Waals surface area contributed by atoms with Gasteiger partial charge in [-0.15, -0.1) is 0 Å². The quantitative estimate of drug-likeness (QED) is 0.330. The highest BCUT2D eigenvalue weighted by Crippen LogP contribution is 2.24. The van der Waals surface area contributed by atoms with E-state index in [0.29, 0.717) is 22.8 Å². The number of benzene rings is 3. The number of halogens is 1. The number of carbonyl (C=O) groups is 1. The second-order valence-corrected chi connectivity index (χ2v) is 6.65. The molecule has 0 atom stereocenters. The molecule has 4 rings (SSSR count). The van der Waals surface area contributed by atoms with Gasteiger partial charge in [-0.3, -0.25) is 4.79 Å². The molecular weight excluding hydrogens is 395 g/mol. The summed E-state index contributed by atoms with van der Waals surface area (Å²) in [5, 5.41) is 3.84. The van der Waals surface area contributed by atoms with E-state index in [2.05, 4.69) is 10.5 Å². The normalized spacial score (nSPS) is 10.9. The first-order chi connectivity index (χ1) is 15.2. The molecule has 0 aliphatic rings. The van der Waals surface area contributed by atoms with Crippen molar-refractivity contribution in [2.24, 2.45) is 5.10 Å². The summed E-state index contributed by atoms with van der Waals surface area (Å²) in [7, 11) is 0. The second kappa shape index (κ2) is 9.54. The number of amides is 1. The molecule has 6 heteroatoms. The van der Waals surface area contributed by atoms with Gasteiger partial charge in [-0.2, -0.15) is 5.10 Å². The molecule has 0 radical (unpaired) electrons. The van der Waals surface area contributed by atoms with Crippen LogP contribution in [-0.4, -0.2) is 18.7 Å². The van der Waals surface area contributed by atoms with Crippen molar-refractivity contribution in [1.82, 2.24) is 5.43 Å². The predicted molar refractivity (Wildman–Crippen MR) is 117 cm³/mol. The summed E-state index contributed by atoms with van der Waals surface area (Å²) in [6.07, 6.45) is 1.34. The van der Waals surface area contributed by atoms with Crippen LogP contribution in [0.15, 0.2) is 101 Å². The Morgan fingerprint density at radius 1 is 0.903 bits per heavy atom. The first kappa shape index (κ1) is 20.1. The van der Waals surface area contributed by atoms with E-state index in [1.165, 1.54) is 12.3 Å². The second-order valence-electron chi connectivity index (χ2n) is 6.65. The van der Waals surface area contributed by atoms with E-state index in [-0.39, 0.29) is 12.4 Å². The molecule has 1 amide bonds. The van der Waals surface area contributed by atoms with Crippen LogP contribution in [-0.2, 0) is 4.79 Å². The number of hydrogen-bond acceptors (Lipinski definition) is 4. The monoisotopic (exact) mass is 414 g/mol. The molecule has 0 fully saturated rings. The molecule has 4 aromatic rings. The SMILES string of the molecule is O=C(COc1ccc(-c2ccccc2)cc1)N/N=C/c1ccc(-c2ccccc2F)o1. The fraction of sp³-hybridized carbons (Fsp3) is 0.0400. The van der Waals surface area contributed by atoms with Crippen LogP contribution in [0.3, 0.4) is 0 Å². The highest BCUT2D eigenvalue weighted by Gasteiger charge is 2.08. The molecule has 0 spiro atoms. The van der Waals surface area contributed by atoms with Gasteiger partial charge in [-0.05, 0) is 47.5 Å². The maximum Gasteiger partial charge on any atom is 0.277 e. The molecule has 0 saturated heterocycles. The van der Waals surface area contributed by atoms with E-state index in [1.54, 1.807) is 30.3 Å². The van der Waals surface area contributed by atoms with Crippen LogP contribution in [0.1, 0.15) is 5.76 Å². The molecule has 1 heterocycles. The molecule has 0 aliphatic carbocycles. The Kier molecular flexibility index (Phi) is 6.18. The number of hydrazone groups is 1. The van der Waals surface area contributed by atoms with Crippen LogP contribution in [0, 0.1) is 5.82 Å². The average Bonchev–Trinajstić information content (AvgIpc) is 3.27. The lowest BCUT2D eigenvalue weighted by atomic mass is 10.1. The maximum atomic E-state index is 13.8. The van der Waals surface area contributed by atoms with E-state index in [0.717, 1.165) is 11.1 Å². The molecule has 0 saturated carbocycles. The molecule has 0 bridgehead atoms. The predicted octanol–water partition coefficient (Wildman–Crippen LogP) is 5.28. The highest BCUT2D eigenvalue weighted by molar-refractivity contribution is 5.81. The number of furan rings is 1. The van der Waals surface area contributed by atoms with E-state index in [9.17, 15) is 9.18 Å². The van der Waals surface area contributed by atoms with E-state index < -0.39 is 5.91 Å². The fourth-order valence-corrected chi connectivity index (χ4v) is 2.95. The lowest BCUT2D eigenvalue weighted by Gasteiger charge is -2.06. The number of carbonyl (C=O) groups excluding carboxylic acids is 1. The van der Waals surface area contributed by atoms with Crippen LogP contribution in [0.25, 0.3) is 22.5 Å². The Morgan fingerprint density at radius 2 is 1.61 bits per heavy atom. The number of nitrogens with zero attached hydrogens (tertiary/aromatic N) is 1. The fourth-order valence-electron chi connectivity index (χ4n) is 2.95. The lowest BCUT2D eigenvalue weighted by molar-refractivity contribution is -0.123. The summed E-state index contributed by atoms with van der Waals surface area (Å²) < 4.78 is 24.8. The first-order valence-electron chi connectivity index (χ1n) is 9.64. The van der Waals surface area contributed by atoms with Crippen LogP contribution >= 0.6 is 0 Å². The topological polar surface area (TPSA) is 63.8 Å². The van der Waals surface area contributed by atoms with Crippen LogP contribution < -0.4 is 10.2 Å². The zero-order valence-corrected chi connectivity index (χ0v) is 16.5. The molecule has 0 aliphatic heterocycles. The van der Waals surface area contributed by atoms with Gasteiger partial charge in [-0.1, -0.05) is 54.6 Å². The van der Waals surface area contributed by atoms with Crippen molar-refractivity contribution < 1.29 is 18.3 Å². The highest BCUT2D eigenvalue weighted by atomic mass is 19.1. The summed E-state index contributed by atoms with van der Waals surface area (Å²) in [5.41, 5.74) is 4.90. The summed E-state index contributed by atoms with van der Waals surface area (Å²) in [5.74, 6) is 0.565. The van der Waals surface area contributed by atoms with Crippen molar-refractivity contribution in [3.05, 3.63) is 103 Å². The molecule has 31 heavy (non-hydrogen) atoms. The van der Waals surface area contributed by atoms with Gasteiger partial charge in [0.05, 0.1) is 11.8 Å². The van der Waals surface area contributed by atoms with Crippen molar-refractivity contribution in [1.29, 1.82) is 0 Å². The van der Waals surface area contributed by atoms with Crippen molar-refractivity contribution >= 4 is 12.1 Å². The Balaban J connectivity index is 1.27. The number of hydrogen-bond donors (Lipinski definition) is 1. The molecule has 1 N–H and O–H groups in total. The molecule has 0 unspecified atom stereocenters.